The summed E-state index contributed by atoms with van der Waals surface area (Å²) in [6.45, 7) is 2.31. The lowest BCUT2D eigenvalue weighted by molar-refractivity contribution is 0.0688. The summed E-state index contributed by atoms with van der Waals surface area (Å²) >= 11 is 0. The number of aromatic carboxylic acids is 1. The monoisotopic (exact) mass is 208 g/mol. The zero-order chi connectivity index (χ0) is 10.8. The maximum absolute atomic E-state index is 10.7. The molecule has 0 radical (unpaired) electrons. The first-order valence-electron chi connectivity index (χ1n) is 4.87. The van der Waals surface area contributed by atoms with Gasteiger partial charge in [-0.25, -0.2) is 9.78 Å². The number of nitrogens with zero attached hydrogens (tertiary/aromatic N) is 2. The summed E-state index contributed by atoms with van der Waals surface area (Å²) in [6.07, 6.45) is 2.36. The van der Waals surface area contributed by atoms with Crippen LogP contribution in [0.4, 0.5) is 0 Å². The van der Waals surface area contributed by atoms with E-state index in [2.05, 4.69) is 9.97 Å². The molecule has 1 aromatic rings. The van der Waals surface area contributed by atoms with Crippen LogP contribution in [0.3, 0.4) is 0 Å². The second-order valence-corrected chi connectivity index (χ2v) is 3.74. The predicted octanol–water partition coefficient (Wildman–Crippen LogP) is 1.27. The molecule has 0 amide bonds. The average Bonchev–Trinajstić information content (AvgIpc) is 2.97. The fraction of sp³-hybridized carbons (Fsp3) is 0.500. The summed E-state index contributed by atoms with van der Waals surface area (Å²) in [5.41, 5.74) is 0.585. The maximum Gasteiger partial charge on any atom is 0.354 e. The fourth-order valence-electron chi connectivity index (χ4n) is 1.19. The minimum atomic E-state index is -1.06. The number of carboxylic acids is 1. The molecule has 15 heavy (non-hydrogen) atoms. The van der Waals surface area contributed by atoms with Crippen LogP contribution in [0.2, 0.25) is 0 Å². The lowest BCUT2D eigenvalue weighted by Crippen LogP contribution is -2.08. The second-order valence-electron chi connectivity index (χ2n) is 3.74. The number of carbonyl (C=O) groups is 1. The Morgan fingerprint density at radius 3 is 2.93 bits per heavy atom. The van der Waals surface area contributed by atoms with Gasteiger partial charge < -0.3 is 9.84 Å². The van der Waals surface area contributed by atoms with Crippen LogP contribution in [-0.2, 0) is 0 Å². The van der Waals surface area contributed by atoms with Crippen LogP contribution in [0, 0.1) is 12.8 Å². The zero-order valence-corrected chi connectivity index (χ0v) is 8.43. The van der Waals surface area contributed by atoms with Crippen molar-refractivity contribution in [3.63, 3.8) is 0 Å². The average molecular weight is 208 g/mol. The molecule has 1 N–H and O–H groups in total. The highest BCUT2D eigenvalue weighted by atomic mass is 16.5. The van der Waals surface area contributed by atoms with Crippen LogP contribution >= 0.6 is 0 Å². The van der Waals surface area contributed by atoms with Gasteiger partial charge in [0.25, 0.3) is 0 Å². The minimum absolute atomic E-state index is 0.0201. The van der Waals surface area contributed by atoms with Gasteiger partial charge in [-0.1, -0.05) is 0 Å². The highest BCUT2D eigenvalue weighted by Crippen LogP contribution is 2.28. The van der Waals surface area contributed by atoms with Gasteiger partial charge in [0.2, 0.25) is 0 Å². The number of rotatable bonds is 4. The molecule has 1 aliphatic carbocycles. The Balaban J connectivity index is 2.10. The third-order valence-corrected chi connectivity index (χ3v) is 2.20. The molecule has 1 saturated carbocycles. The predicted molar refractivity (Wildman–Crippen MR) is 51.9 cm³/mol. The molecule has 5 heteroatoms. The number of hydrogen-bond acceptors (Lipinski definition) is 4. The highest BCUT2D eigenvalue weighted by molar-refractivity contribution is 5.85. The smallest absolute Gasteiger partial charge is 0.354 e. The van der Waals surface area contributed by atoms with E-state index in [4.69, 9.17) is 9.84 Å². The number of carboxylic acid groups (broad SMARTS) is 1. The number of ether oxygens (including phenoxy) is 1. The van der Waals surface area contributed by atoms with Crippen molar-refractivity contribution < 1.29 is 14.6 Å². The molecule has 1 fully saturated rings. The molecule has 1 aliphatic rings. The third kappa shape index (κ3) is 2.65. The van der Waals surface area contributed by atoms with E-state index in [0.29, 0.717) is 18.2 Å². The summed E-state index contributed by atoms with van der Waals surface area (Å²) in [4.78, 5) is 18.5. The zero-order valence-electron chi connectivity index (χ0n) is 8.43. The van der Waals surface area contributed by atoms with Crippen molar-refractivity contribution in [2.75, 3.05) is 6.61 Å². The fourth-order valence-corrected chi connectivity index (χ4v) is 1.19. The van der Waals surface area contributed by atoms with Crippen LogP contribution in [-0.4, -0.2) is 27.7 Å². The SMILES string of the molecule is Cc1cc(C(=O)O)nc(OCC2CC2)n1. The van der Waals surface area contributed by atoms with Crippen LogP contribution in [0.25, 0.3) is 0 Å². The summed E-state index contributed by atoms with van der Waals surface area (Å²) in [7, 11) is 0. The Labute approximate surface area is 87.1 Å². The van der Waals surface area contributed by atoms with Gasteiger partial charge in [0, 0.05) is 5.69 Å². The van der Waals surface area contributed by atoms with Gasteiger partial charge in [-0.2, -0.15) is 4.98 Å². The van der Waals surface area contributed by atoms with Gasteiger partial charge in [-0.05, 0) is 31.7 Å². The van der Waals surface area contributed by atoms with E-state index in [0.717, 1.165) is 0 Å². The Bertz CT molecular complexity index is 388. The Hall–Kier alpha value is -1.65. The summed E-state index contributed by atoms with van der Waals surface area (Å²) in [5.74, 6) is -0.459. The molecule has 0 atom stereocenters. The molecule has 2 rings (SSSR count). The van der Waals surface area contributed by atoms with Crippen molar-refractivity contribution in [3.8, 4) is 6.01 Å². The first-order valence-corrected chi connectivity index (χ1v) is 4.87. The van der Waals surface area contributed by atoms with Gasteiger partial charge >= 0.3 is 12.0 Å². The van der Waals surface area contributed by atoms with Crippen molar-refractivity contribution >= 4 is 5.97 Å². The molecule has 5 nitrogen and oxygen atoms in total. The quantitative estimate of drug-likeness (QED) is 0.806. The first-order chi connectivity index (χ1) is 7.15. The van der Waals surface area contributed by atoms with E-state index in [9.17, 15) is 4.79 Å². The van der Waals surface area contributed by atoms with E-state index >= 15 is 0 Å². The van der Waals surface area contributed by atoms with Gasteiger partial charge in [0.1, 0.15) is 0 Å². The maximum atomic E-state index is 10.7. The molecule has 80 valence electrons. The van der Waals surface area contributed by atoms with Gasteiger partial charge in [-0.3, -0.25) is 0 Å². The largest absolute Gasteiger partial charge is 0.477 e. The van der Waals surface area contributed by atoms with Crippen LogP contribution in [0.1, 0.15) is 29.0 Å². The van der Waals surface area contributed by atoms with E-state index in [-0.39, 0.29) is 11.7 Å². The van der Waals surface area contributed by atoms with E-state index in [1.54, 1.807) is 6.92 Å². The summed E-state index contributed by atoms with van der Waals surface area (Å²) in [5, 5.41) is 8.78. The van der Waals surface area contributed by atoms with E-state index < -0.39 is 5.97 Å². The van der Waals surface area contributed by atoms with Gasteiger partial charge in [0.05, 0.1) is 6.61 Å². The highest BCUT2D eigenvalue weighted by Gasteiger charge is 2.22. The topological polar surface area (TPSA) is 72.3 Å². The minimum Gasteiger partial charge on any atom is -0.477 e. The van der Waals surface area contributed by atoms with Crippen molar-refractivity contribution in [1.82, 2.24) is 9.97 Å². The molecule has 0 saturated heterocycles. The first kappa shape index (κ1) is 9.89. The molecule has 0 aromatic carbocycles. The van der Waals surface area contributed by atoms with Crippen molar-refractivity contribution in [1.29, 1.82) is 0 Å². The standard InChI is InChI=1S/C10H12N2O3/c1-6-4-8(9(13)14)12-10(11-6)15-5-7-2-3-7/h4,7H,2-3,5H2,1H3,(H,13,14). The molecule has 0 unspecified atom stereocenters. The van der Waals surface area contributed by atoms with Crippen LogP contribution in [0.15, 0.2) is 6.07 Å². The summed E-state index contributed by atoms with van der Waals surface area (Å²) < 4.78 is 5.32. The lowest BCUT2D eigenvalue weighted by atomic mass is 10.3. The Morgan fingerprint density at radius 1 is 1.60 bits per heavy atom. The Kier molecular flexibility index (Phi) is 2.53. The third-order valence-electron chi connectivity index (χ3n) is 2.20. The lowest BCUT2D eigenvalue weighted by Gasteiger charge is -2.04. The molecule has 1 aromatic heterocycles. The second kappa shape index (κ2) is 3.84. The summed E-state index contributed by atoms with van der Waals surface area (Å²) in [6, 6.07) is 1.59. The van der Waals surface area contributed by atoms with Crippen LogP contribution < -0.4 is 4.74 Å². The van der Waals surface area contributed by atoms with Crippen molar-refractivity contribution in [2.45, 2.75) is 19.8 Å². The van der Waals surface area contributed by atoms with E-state index in [1.165, 1.54) is 18.9 Å². The molecule has 0 aliphatic heterocycles. The molecular formula is C10H12N2O3. The van der Waals surface area contributed by atoms with Gasteiger partial charge in [-0.15, -0.1) is 0 Å². The van der Waals surface area contributed by atoms with Crippen LogP contribution in [0.5, 0.6) is 6.01 Å². The van der Waals surface area contributed by atoms with E-state index in [1.807, 2.05) is 0 Å². The molecular weight excluding hydrogens is 196 g/mol. The number of aromatic nitrogens is 2. The number of aryl methyl sites for hydroxylation is 1. The molecule has 1 heterocycles. The Morgan fingerprint density at radius 2 is 2.33 bits per heavy atom. The normalized spacial score (nSPS) is 15.0. The van der Waals surface area contributed by atoms with Crippen molar-refractivity contribution in [3.05, 3.63) is 17.5 Å². The molecule has 0 bridgehead atoms. The van der Waals surface area contributed by atoms with Gasteiger partial charge in [0.15, 0.2) is 5.69 Å². The molecule has 0 spiro atoms. The van der Waals surface area contributed by atoms with Crippen molar-refractivity contribution in [2.24, 2.45) is 5.92 Å². The number of hydrogen-bond donors (Lipinski definition) is 1.